The van der Waals surface area contributed by atoms with Crippen molar-refractivity contribution in [2.75, 3.05) is 6.61 Å². The first-order chi connectivity index (χ1) is 34.7. The molecule has 0 spiro atoms. The maximum atomic E-state index is 12.5. The van der Waals surface area contributed by atoms with E-state index in [1.807, 2.05) is 6.08 Å². The Morgan fingerprint density at radius 2 is 0.543 bits per heavy atom. The molecule has 0 radical (unpaired) electrons. The number of carbonyl (C=O) groups excluding carboxylic acids is 1. The van der Waals surface area contributed by atoms with Gasteiger partial charge in [-0.25, -0.2) is 0 Å². The highest BCUT2D eigenvalue weighted by Crippen LogP contribution is 2.19. The van der Waals surface area contributed by atoms with Crippen molar-refractivity contribution >= 4 is 5.91 Å². The van der Waals surface area contributed by atoms with Crippen LogP contribution in [0.1, 0.15) is 373 Å². The summed E-state index contributed by atoms with van der Waals surface area (Å²) in [5.74, 6) is -0.0558. The van der Waals surface area contributed by atoms with Crippen molar-refractivity contribution in [1.29, 1.82) is 0 Å². The van der Waals surface area contributed by atoms with Gasteiger partial charge in [-0.15, -0.1) is 0 Å². The van der Waals surface area contributed by atoms with Gasteiger partial charge in [0.2, 0.25) is 5.91 Å². The van der Waals surface area contributed by atoms with Crippen LogP contribution in [-0.2, 0) is 4.79 Å². The van der Waals surface area contributed by atoms with E-state index >= 15 is 0 Å². The number of rotatable bonds is 61. The van der Waals surface area contributed by atoms with Crippen molar-refractivity contribution in [2.45, 2.75) is 386 Å². The molecule has 0 bridgehead atoms. The molecule has 0 rings (SSSR count). The molecule has 0 saturated heterocycles. The van der Waals surface area contributed by atoms with Gasteiger partial charge in [0.15, 0.2) is 0 Å². The molecular weight excluding hydrogens is 855 g/mol. The molecule has 0 aliphatic carbocycles. The fraction of sp³-hybridized carbons (Fsp3) is 0.924. The van der Waals surface area contributed by atoms with E-state index in [0.29, 0.717) is 6.42 Å². The zero-order valence-electron chi connectivity index (χ0n) is 48.1. The monoisotopic (exact) mass is 984 g/mol. The molecule has 416 valence electrons. The normalized spacial score (nSPS) is 12.8. The van der Waals surface area contributed by atoms with E-state index in [-0.39, 0.29) is 12.5 Å². The van der Waals surface area contributed by atoms with Crippen molar-refractivity contribution in [3.05, 3.63) is 24.3 Å². The van der Waals surface area contributed by atoms with Gasteiger partial charge in [-0.05, 0) is 44.9 Å². The lowest BCUT2D eigenvalue weighted by Gasteiger charge is -2.20. The second-order valence-corrected chi connectivity index (χ2v) is 22.5. The number of aliphatic hydroxyl groups excluding tert-OH is 2. The van der Waals surface area contributed by atoms with Gasteiger partial charge in [-0.1, -0.05) is 346 Å². The highest BCUT2D eigenvalue weighted by atomic mass is 16.3. The van der Waals surface area contributed by atoms with E-state index < -0.39 is 12.1 Å². The van der Waals surface area contributed by atoms with Crippen LogP contribution in [0.5, 0.6) is 0 Å². The summed E-state index contributed by atoms with van der Waals surface area (Å²) in [7, 11) is 0. The molecule has 0 aliphatic rings. The minimum absolute atomic E-state index is 0.0558. The smallest absolute Gasteiger partial charge is 0.220 e. The van der Waals surface area contributed by atoms with Gasteiger partial charge < -0.3 is 15.5 Å². The van der Waals surface area contributed by atoms with Gasteiger partial charge in [0.05, 0.1) is 18.8 Å². The van der Waals surface area contributed by atoms with E-state index in [1.165, 1.54) is 327 Å². The average Bonchev–Trinajstić information content (AvgIpc) is 3.36. The Hall–Kier alpha value is -1.13. The molecule has 0 aliphatic heterocycles. The number of carbonyl (C=O) groups is 1. The third kappa shape index (κ3) is 57.8. The maximum Gasteiger partial charge on any atom is 0.220 e. The Morgan fingerprint density at radius 3 is 0.786 bits per heavy atom. The Labute approximate surface area is 440 Å². The van der Waals surface area contributed by atoms with E-state index in [2.05, 4.69) is 31.3 Å². The molecule has 4 heteroatoms. The van der Waals surface area contributed by atoms with Crippen LogP contribution in [0.15, 0.2) is 24.3 Å². The largest absolute Gasteiger partial charge is 0.394 e. The summed E-state index contributed by atoms with van der Waals surface area (Å²) < 4.78 is 0. The molecule has 70 heavy (non-hydrogen) atoms. The van der Waals surface area contributed by atoms with Crippen molar-refractivity contribution in [3.63, 3.8) is 0 Å². The number of allylic oxidation sites excluding steroid dienone is 3. The lowest BCUT2D eigenvalue weighted by atomic mass is 10.0. The third-order valence-electron chi connectivity index (χ3n) is 15.4. The van der Waals surface area contributed by atoms with Crippen molar-refractivity contribution in [1.82, 2.24) is 5.32 Å². The quantitative estimate of drug-likeness (QED) is 0.0420. The van der Waals surface area contributed by atoms with E-state index in [1.54, 1.807) is 6.08 Å². The van der Waals surface area contributed by atoms with Crippen LogP contribution in [0, 0.1) is 0 Å². The second-order valence-electron chi connectivity index (χ2n) is 22.5. The average molecular weight is 985 g/mol. The molecule has 0 aromatic rings. The minimum atomic E-state index is -0.836. The van der Waals surface area contributed by atoms with Crippen molar-refractivity contribution in [3.8, 4) is 0 Å². The van der Waals surface area contributed by atoms with Gasteiger partial charge in [0.25, 0.3) is 0 Å². The maximum absolute atomic E-state index is 12.5. The summed E-state index contributed by atoms with van der Waals surface area (Å²) in [6.07, 6.45) is 84.0. The molecule has 1 amide bonds. The first kappa shape index (κ1) is 68.9. The summed E-state index contributed by atoms with van der Waals surface area (Å²) in [5, 5.41) is 23.2. The van der Waals surface area contributed by atoms with Crippen LogP contribution in [0.2, 0.25) is 0 Å². The van der Waals surface area contributed by atoms with Crippen molar-refractivity contribution < 1.29 is 15.0 Å². The number of aliphatic hydroxyl groups is 2. The second kappa shape index (κ2) is 62.2. The van der Waals surface area contributed by atoms with Crippen LogP contribution in [-0.4, -0.2) is 34.9 Å². The summed E-state index contributed by atoms with van der Waals surface area (Å²) >= 11 is 0. The predicted octanol–water partition coefficient (Wildman–Crippen LogP) is 21.8. The summed E-state index contributed by atoms with van der Waals surface area (Å²) in [6.45, 7) is 4.35. The van der Waals surface area contributed by atoms with Gasteiger partial charge in [-0.2, -0.15) is 0 Å². The third-order valence-corrected chi connectivity index (χ3v) is 15.4. The van der Waals surface area contributed by atoms with Crippen LogP contribution < -0.4 is 5.32 Å². The van der Waals surface area contributed by atoms with Gasteiger partial charge in [-0.3, -0.25) is 4.79 Å². The molecule has 4 nitrogen and oxygen atoms in total. The zero-order chi connectivity index (χ0) is 50.6. The number of nitrogens with one attached hydrogen (secondary N) is 1. The van der Waals surface area contributed by atoms with Crippen LogP contribution in [0.4, 0.5) is 0 Å². The molecule has 0 fully saturated rings. The summed E-state index contributed by atoms with van der Waals surface area (Å²) in [6, 6.07) is -0.619. The van der Waals surface area contributed by atoms with Crippen LogP contribution in [0.3, 0.4) is 0 Å². The Bertz CT molecular complexity index is 1020. The summed E-state index contributed by atoms with van der Waals surface area (Å²) in [5.41, 5.74) is 0. The van der Waals surface area contributed by atoms with Crippen molar-refractivity contribution in [2.24, 2.45) is 0 Å². The molecule has 2 atom stereocenters. The van der Waals surface area contributed by atoms with Crippen LogP contribution in [0.25, 0.3) is 0 Å². The zero-order valence-corrected chi connectivity index (χ0v) is 48.1. The first-order valence-electron chi connectivity index (χ1n) is 32.6. The number of unbranched alkanes of at least 4 members (excludes halogenated alkanes) is 52. The van der Waals surface area contributed by atoms with E-state index in [4.69, 9.17) is 0 Å². The van der Waals surface area contributed by atoms with Gasteiger partial charge in [0, 0.05) is 6.42 Å². The Kier molecular flexibility index (Phi) is 61.2. The lowest BCUT2D eigenvalue weighted by molar-refractivity contribution is -0.123. The standard InChI is InChI=1S/C66H129NO3/c1-3-5-7-9-11-13-15-17-19-21-22-23-24-25-26-27-28-29-30-31-32-33-34-35-36-37-38-39-40-41-42-43-44-46-48-50-52-54-56-58-60-62-66(70)67-64(63-68)65(69)61-59-57-55-53-51-49-47-45-20-18-16-14-12-10-8-6-4-2/h21-22,59,61,64-65,68-69H,3-20,23-58,60,62-63H2,1-2H3,(H,67,70)/b22-21-,61-59+. The highest BCUT2D eigenvalue weighted by molar-refractivity contribution is 5.76. The number of hydrogen-bond donors (Lipinski definition) is 3. The molecule has 0 heterocycles. The topological polar surface area (TPSA) is 69.6 Å². The molecule has 0 aromatic carbocycles. The fourth-order valence-electron chi connectivity index (χ4n) is 10.5. The SMILES string of the molecule is CCCCCCCCCC/C=C\CCCCCCCCCCCCCCCCCCCCCCCCCCCCCCCC(=O)NC(CO)C(O)/C=C/CCCCCCCCCCCCCCCCC. The van der Waals surface area contributed by atoms with Crippen LogP contribution >= 0.6 is 0 Å². The van der Waals surface area contributed by atoms with E-state index in [9.17, 15) is 15.0 Å². The number of hydrogen-bond acceptors (Lipinski definition) is 3. The molecule has 2 unspecified atom stereocenters. The lowest BCUT2D eigenvalue weighted by Crippen LogP contribution is -2.45. The minimum Gasteiger partial charge on any atom is -0.394 e. The molecule has 0 aromatic heterocycles. The van der Waals surface area contributed by atoms with E-state index in [0.717, 1.165) is 25.7 Å². The van der Waals surface area contributed by atoms with Gasteiger partial charge >= 0.3 is 0 Å². The summed E-state index contributed by atoms with van der Waals surface area (Å²) in [4.78, 5) is 12.5. The predicted molar refractivity (Wildman–Crippen MR) is 313 cm³/mol. The number of amides is 1. The first-order valence-corrected chi connectivity index (χ1v) is 32.6. The fourth-order valence-corrected chi connectivity index (χ4v) is 10.5. The molecular formula is C66H129NO3. The molecule has 0 saturated carbocycles. The Morgan fingerprint density at radius 1 is 0.329 bits per heavy atom. The van der Waals surface area contributed by atoms with Gasteiger partial charge in [0.1, 0.15) is 0 Å². The molecule has 3 N–H and O–H groups in total. The highest BCUT2D eigenvalue weighted by Gasteiger charge is 2.18. The Balaban J connectivity index is 3.35.